The van der Waals surface area contributed by atoms with Crippen molar-refractivity contribution in [1.82, 2.24) is 0 Å². The van der Waals surface area contributed by atoms with E-state index >= 15 is 0 Å². The molecule has 0 heterocycles. The molecule has 0 saturated carbocycles. The first kappa shape index (κ1) is 27.5. The van der Waals surface area contributed by atoms with Gasteiger partial charge in [0.25, 0.3) is 0 Å². The highest BCUT2D eigenvalue weighted by Crippen LogP contribution is 2.65. The van der Waals surface area contributed by atoms with Crippen LogP contribution in [0, 0.1) is 6.66 Å². The largest absolute Gasteiger partial charge is 0.503 e. The van der Waals surface area contributed by atoms with Gasteiger partial charge >= 0.3 is 7.82 Å². The molecule has 1 atom stereocenters. The third-order valence-electron chi connectivity index (χ3n) is 3.85. The predicted molar refractivity (Wildman–Crippen MR) is 121 cm³/mol. The highest BCUT2D eigenvalue weighted by Gasteiger charge is 2.32. The highest BCUT2D eigenvalue weighted by molar-refractivity contribution is 7.73. The summed E-state index contributed by atoms with van der Waals surface area (Å²) in [7, 11) is -7.34. The second-order valence-corrected chi connectivity index (χ2v) is 11.3. The van der Waals surface area contributed by atoms with Crippen molar-refractivity contribution in [3.8, 4) is 0 Å². The Kier molecular flexibility index (Phi) is 14.2. The Labute approximate surface area is 172 Å². The standard InChI is InChI=1S/C21H38O5P2/c1-19(2)13-10-8-7-9-11-14-20(3)15-12-16-21(4)17-18-25-27(5,6)26-28(22,23)24/h7,9,13,15,17H,5,8,10-12,14,16,18H2,1-4,6H3,(H2,22,23,24)/b9-7+,20-15+,21-17+. The third kappa shape index (κ3) is 18.8. The highest BCUT2D eigenvalue weighted by atomic mass is 31.3. The fraction of sp³-hybridized carbons (Fsp3) is 0.571. The van der Waals surface area contributed by atoms with Crippen molar-refractivity contribution in [2.45, 2.75) is 66.2 Å². The van der Waals surface area contributed by atoms with Gasteiger partial charge in [-0.15, -0.1) is 11.0 Å². The van der Waals surface area contributed by atoms with E-state index in [0.29, 0.717) is 0 Å². The van der Waals surface area contributed by atoms with Gasteiger partial charge in [0.2, 0.25) is 0 Å². The second-order valence-electron chi connectivity index (χ2n) is 7.39. The number of allylic oxidation sites excluding steroid dienone is 7. The molecule has 0 saturated heterocycles. The summed E-state index contributed by atoms with van der Waals surface area (Å²) < 4.78 is 20.9. The van der Waals surface area contributed by atoms with Gasteiger partial charge in [-0.2, -0.15) is 0 Å². The normalized spacial score (nSPS) is 15.7. The minimum Gasteiger partial charge on any atom is -0.301 e. The zero-order chi connectivity index (χ0) is 21.6. The van der Waals surface area contributed by atoms with Crippen LogP contribution in [0.1, 0.15) is 66.2 Å². The van der Waals surface area contributed by atoms with E-state index in [1.54, 1.807) is 0 Å². The fourth-order valence-electron chi connectivity index (χ4n) is 2.35. The molecular formula is C21H38O5P2. The number of hydrogen-bond donors (Lipinski definition) is 2. The van der Waals surface area contributed by atoms with Crippen LogP contribution in [-0.2, 0) is 13.4 Å². The molecule has 0 bridgehead atoms. The zero-order valence-electron chi connectivity index (χ0n) is 18.1. The maximum Gasteiger partial charge on any atom is 0.503 e. The maximum atomic E-state index is 10.9. The molecule has 0 aromatic carbocycles. The summed E-state index contributed by atoms with van der Waals surface area (Å²) in [4.78, 5) is 17.7. The van der Waals surface area contributed by atoms with Crippen LogP contribution in [0.15, 0.2) is 47.1 Å². The summed E-state index contributed by atoms with van der Waals surface area (Å²) in [6, 6.07) is 0. The number of phosphoric acid groups is 1. The first-order chi connectivity index (χ1) is 12.9. The molecule has 7 heteroatoms. The lowest BCUT2D eigenvalue weighted by molar-refractivity contribution is 0.262. The lowest BCUT2D eigenvalue weighted by Crippen LogP contribution is -1.98. The summed E-state index contributed by atoms with van der Waals surface area (Å²) in [5, 5.41) is 0. The quantitative estimate of drug-likeness (QED) is 0.132. The van der Waals surface area contributed by atoms with Gasteiger partial charge in [-0.25, -0.2) is 9.09 Å². The van der Waals surface area contributed by atoms with Gasteiger partial charge < -0.3 is 9.79 Å². The van der Waals surface area contributed by atoms with E-state index in [4.69, 9.17) is 14.3 Å². The molecule has 0 amide bonds. The van der Waals surface area contributed by atoms with Gasteiger partial charge in [0.1, 0.15) is 6.61 Å². The lowest BCUT2D eigenvalue weighted by atomic mass is 10.1. The van der Waals surface area contributed by atoms with Crippen molar-refractivity contribution in [3.63, 3.8) is 0 Å². The lowest BCUT2D eigenvalue weighted by Gasteiger charge is -2.21. The minimum atomic E-state index is -4.58. The van der Waals surface area contributed by atoms with Crippen LogP contribution < -0.4 is 0 Å². The van der Waals surface area contributed by atoms with Crippen LogP contribution in [0.2, 0.25) is 0 Å². The van der Waals surface area contributed by atoms with Gasteiger partial charge in [0.05, 0.1) is 6.66 Å². The van der Waals surface area contributed by atoms with Gasteiger partial charge in [-0.05, 0) is 66.2 Å². The molecule has 28 heavy (non-hydrogen) atoms. The Bertz CT molecular complexity index is 608. The van der Waals surface area contributed by atoms with Crippen molar-refractivity contribution in [2.75, 3.05) is 13.3 Å². The van der Waals surface area contributed by atoms with Gasteiger partial charge in [-0.1, -0.05) is 47.1 Å². The van der Waals surface area contributed by atoms with E-state index in [1.807, 2.05) is 13.0 Å². The van der Waals surface area contributed by atoms with Crippen LogP contribution in [0.25, 0.3) is 0 Å². The molecule has 1 unspecified atom stereocenters. The van der Waals surface area contributed by atoms with Crippen LogP contribution in [0.3, 0.4) is 0 Å². The van der Waals surface area contributed by atoms with E-state index in [2.05, 4.69) is 56.1 Å². The molecule has 2 N–H and O–H groups in total. The number of hydrogen-bond acceptors (Lipinski definition) is 3. The maximum absolute atomic E-state index is 10.9. The minimum absolute atomic E-state index is 0.236. The van der Waals surface area contributed by atoms with E-state index in [9.17, 15) is 4.57 Å². The topological polar surface area (TPSA) is 76.0 Å². The molecule has 0 aliphatic heterocycles. The predicted octanol–water partition coefficient (Wildman–Crippen LogP) is 7.14. The van der Waals surface area contributed by atoms with Crippen molar-refractivity contribution >= 4 is 15.5 Å². The zero-order valence-corrected chi connectivity index (χ0v) is 19.8. The average molecular weight is 432 g/mol. The first-order valence-corrected chi connectivity index (χ1v) is 13.4. The van der Waals surface area contributed by atoms with E-state index < -0.39 is 15.5 Å². The Hall–Kier alpha value is -0.540. The molecule has 162 valence electrons. The first-order valence-electron chi connectivity index (χ1n) is 9.63. The Morgan fingerprint density at radius 3 is 2.11 bits per heavy atom. The van der Waals surface area contributed by atoms with E-state index in [0.717, 1.165) is 38.5 Å². The molecule has 0 aliphatic rings. The molecule has 0 fully saturated rings. The van der Waals surface area contributed by atoms with Crippen molar-refractivity contribution in [3.05, 3.63) is 53.8 Å². The molecule has 0 aliphatic carbocycles. The summed E-state index contributed by atoms with van der Waals surface area (Å²) >= 11 is 0. The summed E-state index contributed by atoms with van der Waals surface area (Å²) in [5.74, 6) is 0. The van der Waals surface area contributed by atoms with Gasteiger partial charge in [0, 0.05) is 0 Å². The molecular weight excluding hydrogens is 394 g/mol. The molecule has 5 nitrogen and oxygen atoms in total. The SMILES string of the molecule is [CH2-][P+](C)(OC/C=C(\C)CC/C=C(\C)CC/C=C/CCC=C(C)C)OP(=O)(O)O. The van der Waals surface area contributed by atoms with Crippen LogP contribution in [-0.4, -0.2) is 23.1 Å². The van der Waals surface area contributed by atoms with E-state index in [1.165, 1.54) is 23.4 Å². The Morgan fingerprint density at radius 1 is 0.929 bits per heavy atom. The summed E-state index contributed by atoms with van der Waals surface area (Å²) in [6.07, 6.45) is 17.2. The van der Waals surface area contributed by atoms with Gasteiger partial charge in [-0.3, -0.25) is 0 Å². The Balaban J connectivity index is 4.05. The monoisotopic (exact) mass is 432 g/mol. The molecule has 0 spiro atoms. The van der Waals surface area contributed by atoms with E-state index in [-0.39, 0.29) is 6.61 Å². The van der Waals surface area contributed by atoms with Crippen LogP contribution >= 0.6 is 15.5 Å². The van der Waals surface area contributed by atoms with Crippen molar-refractivity contribution in [1.29, 1.82) is 0 Å². The number of unbranched alkanes of at least 4 members (excludes halogenated alkanes) is 1. The van der Waals surface area contributed by atoms with Gasteiger partial charge in [0.15, 0.2) is 7.72 Å². The molecule has 0 aromatic rings. The smallest absolute Gasteiger partial charge is 0.301 e. The summed E-state index contributed by atoms with van der Waals surface area (Å²) in [6.45, 7) is 13.8. The van der Waals surface area contributed by atoms with Crippen molar-refractivity contribution < 1.29 is 23.2 Å². The molecule has 0 aromatic heterocycles. The summed E-state index contributed by atoms with van der Waals surface area (Å²) in [5.41, 5.74) is 3.93. The molecule has 0 radical (unpaired) electrons. The van der Waals surface area contributed by atoms with Crippen LogP contribution in [0.5, 0.6) is 0 Å². The number of rotatable bonds is 14. The fourth-order valence-corrected chi connectivity index (χ4v) is 4.73. The molecule has 0 rings (SSSR count). The average Bonchev–Trinajstić information content (AvgIpc) is 2.51. The third-order valence-corrected chi connectivity index (χ3v) is 6.78. The van der Waals surface area contributed by atoms with Crippen LogP contribution in [0.4, 0.5) is 0 Å². The van der Waals surface area contributed by atoms with Crippen molar-refractivity contribution in [2.24, 2.45) is 0 Å². The Morgan fingerprint density at radius 2 is 1.50 bits per heavy atom. The second kappa shape index (κ2) is 14.4.